The Bertz CT molecular complexity index is 121. The molecule has 2 N–H and O–H groups in total. The van der Waals surface area contributed by atoms with Crippen LogP contribution in [0.15, 0.2) is 0 Å². The Morgan fingerprint density at radius 2 is 2.09 bits per heavy atom. The highest BCUT2D eigenvalue weighted by atomic mass is 15.3. The van der Waals surface area contributed by atoms with Crippen molar-refractivity contribution < 1.29 is 0 Å². The van der Waals surface area contributed by atoms with Crippen molar-refractivity contribution >= 4 is 0 Å². The van der Waals surface area contributed by atoms with Gasteiger partial charge in [-0.15, -0.1) is 0 Å². The van der Waals surface area contributed by atoms with E-state index in [2.05, 4.69) is 15.5 Å². The molecule has 2 unspecified atom stereocenters. The molecule has 3 fully saturated rings. The summed E-state index contributed by atoms with van der Waals surface area (Å²) in [5.41, 5.74) is 0. The molecule has 11 heavy (non-hydrogen) atoms. The number of hydrogen-bond donors (Lipinski definition) is 2. The molecule has 0 aromatic heterocycles. The van der Waals surface area contributed by atoms with Crippen LogP contribution in [0.5, 0.6) is 0 Å². The normalized spacial score (nSPS) is 36.8. The summed E-state index contributed by atoms with van der Waals surface area (Å²) in [7, 11) is 2.02. The lowest BCUT2D eigenvalue weighted by molar-refractivity contribution is 0.0792. The fraction of sp³-hybridized carbons (Fsp3) is 1.00. The van der Waals surface area contributed by atoms with E-state index < -0.39 is 0 Å². The number of nitrogens with one attached hydrogen (secondary N) is 2. The van der Waals surface area contributed by atoms with Crippen molar-refractivity contribution in [3.05, 3.63) is 0 Å². The number of piperidine rings is 1. The molecular formula is C8H17N3. The Labute approximate surface area is 68.1 Å². The number of likely N-dealkylation sites (N-methyl/N-ethyl adjacent to an activating group) is 1. The topological polar surface area (TPSA) is 27.3 Å². The SMILES string of the molecule is CNCCN1CC2CC(C1)N2. The van der Waals surface area contributed by atoms with E-state index in [4.69, 9.17) is 0 Å². The van der Waals surface area contributed by atoms with Gasteiger partial charge in [0.25, 0.3) is 0 Å². The van der Waals surface area contributed by atoms with Crippen LogP contribution in [0.3, 0.4) is 0 Å². The highest BCUT2D eigenvalue weighted by molar-refractivity contribution is 4.97. The van der Waals surface area contributed by atoms with Gasteiger partial charge in [-0.1, -0.05) is 0 Å². The van der Waals surface area contributed by atoms with Crippen molar-refractivity contribution in [3.8, 4) is 0 Å². The molecule has 64 valence electrons. The van der Waals surface area contributed by atoms with Crippen molar-refractivity contribution in [1.29, 1.82) is 0 Å². The van der Waals surface area contributed by atoms with Gasteiger partial charge in [-0.25, -0.2) is 0 Å². The minimum atomic E-state index is 0.811. The first kappa shape index (κ1) is 7.53. The first-order valence-electron chi connectivity index (χ1n) is 4.51. The highest BCUT2D eigenvalue weighted by Gasteiger charge is 2.35. The standard InChI is InChI=1S/C8H17N3/c1-9-2-3-11-5-7-4-8(6-11)10-7/h7-10H,2-6H2,1H3. The summed E-state index contributed by atoms with van der Waals surface area (Å²) < 4.78 is 0. The zero-order valence-electron chi connectivity index (χ0n) is 7.14. The third-order valence-electron chi connectivity index (χ3n) is 2.68. The molecule has 3 aliphatic heterocycles. The van der Waals surface area contributed by atoms with Crippen LogP contribution in [0.2, 0.25) is 0 Å². The maximum Gasteiger partial charge on any atom is 0.0213 e. The summed E-state index contributed by atoms with van der Waals surface area (Å²) in [5.74, 6) is 0. The number of rotatable bonds is 3. The van der Waals surface area contributed by atoms with Crippen LogP contribution in [0.1, 0.15) is 6.42 Å². The first-order valence-corrected chi connectivity index (χ1v) is 4.51. The number of piperazine rings is 1. The third kappa shape index (κ3) is 1.55. The van der Waals surface area contributed by atoms with Gasteiger partial charge in [0.05, 0.1) is 0 Å². The van der Waals surface area contributed by atoms with Crippen molar-refractivity contribution in [1.82, 2.24) is 15.5 Å². The zero-order chi connectivity index (χ0) is 7.68. The van der Waals surface area contributed by atoms with Crippen LogP contribution in [0.4, 0.5) is 0 Å². The Morgan fingerprint density at radius 3 is 2.64 bits per heavy atom. The van der Waals surface area contributed by atoms with Gasteiger partial charge in [0.2, 0.25) is 0 Å². The molecule has 3 saturated heterocycles. The van der Waals surface area contributed by atoms with Crippen LogP contribution in [-0.2, 0) is 0 Å². The second-order valence-corrected chi connectivity index (χ2v) is 3.66. The predicted molar refractivity (Wildman–Crippen MR) is 45.7 cm³/mol. The van der Waals surface area contributed by atoms with E-state index in [-0.39, 0.29) is 0 Å². The van der Waals surface area contributed by atoms with E-state index in [1.165, 1.54) is 26.1 Å². The average Bonchev–Trinajstić information content (AvgIpc) is 2.00. The van der Waals surface area contributed by atoms with Crippen molar-refractivity contribution in [2.45, 2.75) is 18.5 Å². The monoisotopic (exact) mass is 155 g/mol. The van der Waals surface area contributed by atoms with Gasteiger partial charge in [0, 0.05) is 38.3 Å². The van der Waals surface area contributed by atoms with Gasteiger partial charge in [-0.3, -0.25) is 4.90 Å². The van der Waals surface area contributed by atoms with E-state index in [1.54, 1.807) is 0 Å². The van der Waals surface area contributed by atoms with Crippen molar-refractivity contribution in [3.63, 3.8) is 0 Å². The number of nitrogens with zero attached hydrogens (tertiary/aromatic N) is 1. The molecule has 0 aromatic rings. The second kappa shape index (κ2) is 3.09. The Kier molecular flexibility index (Phi) is 2.11. The average molecular weight is 155 g/mol. The largest absolute Gasteiger partial charge is 0.318 e. The fourth-order valence-corrected chi connectivity index (χ4v) is 2.06. The summed E-state index contributed by atoms with van der Waals surface area (Å²) in [6.45, 7) is 4.86. The van der Waals surface area contributed by atoms with Gasteiger partial charge in [-0.2, -0.15) is 0 Å². The molecule has 0 saturated carbocycles. The van der Waals surface area contributed by atoms with E-state index in [0.717, 1.165) is 18.6 Å². The molecule has 3 rings (SSSR count). The van der Waals surface area contributed by atoms with Crippen LogP contribution < -0.4 is 10.6 Å². The minimum absolute atomic E-state index is 0.811. The Balaban J connectivity index is 1.70. The van der Waals surface area contributed by atoms with Crippen molar-refractivity contribution in [2.24, 2.45) is 0 Å². The summed E-state index contributed by atoms with van der Waals surface area (Å²) in [4.78, 5) is 2.55. The molecule has 3 heteroatoms. The molecule has 2 atom stereocenters. The van der Waals surface area contributed by atoms with Crippen LogP contribution in [0.25, 0.3) is 0 Å². The van der Waals surface area contributed by atoms with E-state index in [1.807, 2.05) is 7.05 Å². The van der Waals surface area contributed by atoms with Gasteiger partial charge in [-0.05, 0) is 13.5 Å². The third-order valence-corrected chi connectivity index (χ3v) is 2.68. The minimum Gasteiger partial charge on any atom is -0.318 e. The lowest BCUT2D eigenvalue weighted by atomic mass is 9.91. The van der Waals surface area contributed by atoms with Crippen LogP contribution >= 0.6 is 0 Å². The van der Waals surface area contributed by atoms with Gasteiger partial charge in [0.15, 0.2) is 0 Å². The van der Waals surface area contributed by atoms with E-state index in [0.29, 0.717) is 0 Å². The molecular weight excluding hydrogens is 138 g/mol. The molecule has 0 radical (unpaired) electrons. The second-order valence-electron chi connectivity index (χ2n) is 3.66. The summed E-state index contributed by atoms with van der Waals surface area (Å²) in [5, 5.41) is 6.71. The molecule has 0 spiro atoms. The molecule has 0 aliphatic carbocycles. The summed E-state index contributed by atoms with van der Waals surface area (Å²) in [6.07, 6.45) is 1.41. The quantitative estimate of drug-likeness (QED) is 0.561. The fourth-order valence-electron chi connectivity index (χ4n) is 2.06. The maximum atomic E-state index is 3.52. The molecule has 3 nitrogen and oxygen atoms in total. The van der Waals surface area contributed by atoms with Gasteiger partial charge >= 0.3 is 0 Å². The Hall–Kier alpha value is -0.120. The van der Waals surface area contributed by atoms with Gasteiger partial charge in [0.1, 0.15) is 0 Å². The Morgan fingerprint density at radius 1 is 1.45 bits per heavy atom. The van der Waals surface area contributed by atoms with Crippen LogP contribution in [0, 0.1) is 0 Å². The lowest BCUT2D eigenvalue weighted by Crippen LogP contribution is -2.67. The maximum absolute atomic E-state index is 3.52. The molecule has 2 bridgehead atoms. The van der Waals surface area contributed by atoms with E-state index >= 15 is 0 Å². The number of fused-ring (bicyclic) bond motifs is 2. The van der Waals surface area contributed by atoms with Crippen LogP contribution in [-0.4, -0.2) is 50.2 Å². The van der Waals surface area contributed by atoms with Crippen molar-refractivity contribution in [2.75, 3.05) is 33.2 Å². The molecule has 3 aliphatic rings. The lowest BCUT2D eigenvalue weighted by Gasteiger charge is -2.48. The smallest absolute Gasteiger partial charge is 0.0213 e. The molecule has 0 aromatic carbocycles. The predicted octanol–water partition coefficient (Wildman–Crippen LogP) is -0.748. The first-order chi connectivity index (χ1) is 5.38. The summed E-state index contributed by atoms with van der Waals surface area (Å²) >= 11 is 0. The zero-order valence-corrected chi connectivity index (χ0v) is 7.14. The molecule has 3 heterocycles. The van der Waals surface area contributed by atoms with E-state index in [9.17, 15) is 0 Å². The summed E-state index contributed by atoms with van der Waals surface area (Å²) in [6, 6.07) is 1.62. The van der Waals surface area contributed by atoms with Gasteiger partial charge < -0.3 is 10.6 Å². The molecule has 0 amide bonds. The number of hydrogen-bond acceptors (Lipinski definition) is 3. The highest BCUT2D eigenvalue weighted by Crippen LogP contribution is 2.19.